The van der Waals surface area contributed by atoms with Crippen LogP contribution in [0.15, 0.2) is 0 Å². The van der Waals surface area contributed by atoms with Gasteiger partial charge in [0.05, 0.1) is 38.9 Å². The van der Waals surface area contributed by atoms with Crippen molar-refractivity contribution in [2.45, 2.75) is 82.3 Å². The predicted molar refractivity (Wildman–Crippen MR) is 209 cm³/mol. The largest absolute Gasteiger partial charge is 0.480 e. The Morgan fingerprint density at radius 2 is 1.00 bits per heavy atom. The molecule has 0 unspecified atom stereocenters. The van der Waals surface area contributed by atoms with Gasteiger partial charge in [-0.25, -0.2) is 0 Å². The lowest BCUT2D eigenvalue weighted by Gasteiger charge is -2.33. The molecule has 1 fully saturated rings. The monoisotopic (exact) mass is 850 g/mol. The first-order valence-corrected chi connectivity index (χ1v) is 19.9. The van der Waals surface area contributed by atoms with Gasteiger partial charge in [-0.15, -0.1) is 0 Å². The molecule has 59 heavy (non-hydrogen) atoms. The molecule has 0 radical (unpaired) electrons. The number of nitrogens with zero attached hydrogens (tertiary/aromatic N) is 4. The summed E-state index contributed by atoms with van der Waals surface area (Å²) < 4.78 is 0. The maximum atomic E-state index is 13.5. The van der Waals surface area contributed by atoms with Gasteiger partial charge in [-0.1, -0.05) is 26.2 Å². The average molecular weight is 851 g/mol. The van der Waals surface area contributed by atoms with E-state index in [-0.39, 0.29) is 110 Å². The molecule has 0 aromatic heterocycles. The quantitative estimate of drug-likeness (QED) is 0.0343. The zero-order valence-corrected chi connectivity index (χ0v) is 33.9. The SMILES string of the molecule is CCCCCCNC(=O)CCNC(=O)[C@H](CCC(=O)NC[C@H](O)[C@@H](O)[C@H](O)[C@H](O)CO)NC(=O)CN1CCN(CC(=O)O)CCN(CC(=O)O)CCN(CC(=O)O)CC1. The number of aliphatic carboxylic acids is 3. The summed E-state index contributed by atoms with van der Waals surface area (Å²) in [6.07, 6.45) is -4.18. The van der Waals surface area contributed by atoms with Crippen LogP contribution in [0.5, 0.6) is 0 Å². The predicted octanol–water partition coefficient (Wildman–Crippen LogP) is -5.52. The van der Waals surface area contributed by atoms with Crippen LogP contribution in [0, 0.1) is 0 Å². The van der Waals surface area contributed by atoms with Gasteiger partial charge in [0.2, 0.25) is 23.6 Å². The van der Waals surface area contributed by atoms with Crippen LogP contribution in [0.1, 0.15) is 51.9 Å². The van der Waals surface area contributed by atoms with E-state index in [4.69, 9.17) is 5.11 Å². The number of carbonyl (C=O) groups is 7. The molecule has 0 bridgehead atoms. The Morgan fingerprint density at radius 3 is 1.46 bits per heavy atom. The zero-order valence-electron chi connectivity index (χ0n) is 33.9. The van der Waals surface area contributed by atoms with Gasteiger partial charge in [-0.05, 0) is 12.8 Å². The first-order valence-electron chi connectivity index (χ1n) is 19.9. The van der Waals surface area contributed by atoms with Gasteiger partial charge >= 0.3 is 17.9 Å². The van der Waals surface area contributed by atoms with E-state index in [9.17, 15) is 69.3 Å². The Hall–Kier alpha value is -4.07. The molecule has 1 saturated heterocycles. The highest BCUT2D eigenvalue weighted by Gasteiger charge is 2.31. The van der Waals surface area contributed by atoms with Crippen LogP contribution in [0.4, 0.5) is 0 Å². The third-order valence-corrected chi connectivity index (χ3v) is 9.52. The van der Waals surface area contributed by atoms with Crippen molar-refractivity contribution in [2.75, 3.05) is 105 Å². The summed E-state index contributed by atoms with van der Waals surface area (Å²) in [5.74, 6) is -5.72. The Kier molecular flexibility index (Phi) is 27.0. The molecule has 23 nitrogen and oxygen atoms in total. The number of carboxylic acid groups (broad SMARTS) is 3. The van der Waals surface area contributed by atoms with E-state index in [0.29, 0.717) is 6.54 Å². The van der Waals surface area contributed by atoms with Gasteiger partial charge in [0.15, 0.2) is 0 Å². The van der Waals surface area contributed by atoms with E-state index in [1.165, 1.54) is 0 Å². The van der Waals surface area contributed by atoms with Gasteiger partial charge in [0, 0.05) is 84.8 Å². The number of unbranched alkanes of at least 4 members (excludes halogenated alkanes) is 3. The molecule has 1 aliphatic heterocycles. The molecule has 1 rings (SSSR count). The van der Waals surface area contributed by atoms with E-state index < -0.39 is 79.2 Å². The van der Waals surface area contributed by atoms with Crippen LogP contribution in [-0.4, -0.2) is 237 Å². The molecule has 4 amide bonds. The molecular weight excluding hydrogens is 784 g/mol. The second-order valence-electron chi connectivity index (χ2n) is 14.5. The van der Waals surface area contributed by atoms with Crippen molar-refractivity contribution in [3.05, 3.63) is 0 Å². The van der Waals surface area contributed by atoms with Crippen LogP contribution in [0.2, 0.25) is 0 Å². The smallest absolute Gasteiger partial charge is 0.317 e. The topological polar surface area (TPSA) is 342 Å². The maximum Gasteiger partial charge on any atom is 0.317 e. The number of carbonyl (C=O) groups excluding carboxylic acids is 4. The van der Waals surface area contributed by atoms with Crippen LogP contribution >= 0.6 is 0 Å². The van der Waals surface area contributed by atoms with Crippen LogP contribution in [0.3, 0.4) is 0 Å². The van der Waals surface area contributed by atoms with Crippen molar-refractivity contribution in [3.8, 4) is 0 Å². The summed E-state index contributed by atoms with van der Waals surface area (Å²) in [4.78, 5) is 93.0. The second kappa shape index (κ2) is 30.0. The zero-order chi connectivity index (χ0) is 44.3. The Labute approximate surface area is 343 Å². The lowest BCUT2D eigenvalue weighted by molar-refractivity contribution is -0.140. The third-order valence-electron chi connectivity index (χ3n) is 9.52. The summed E-state index contributed by atoms with van der Waals surface area (Å²) in [6.45, 7) is 0.846. The molecule has 12 N–H and O–H groups in total. The first kappa shape index (κ1) is 52.9. The number of nitrogens with one attached hydrogen (secondary N) is 4. The highest BCUT2D eigenvalue weighted by molar-refractivity contribution is 5.89. The normalized spacial score (nSPS) is 17.9. The standard InChI is InChI=1S/C36H66N8O15/c1-2-3-4-5-9-37-29(49)8-10-38-36(59)25(6-7-28(48)39-19-26(46)34(57)35(58)27(47)24-45)40-30(50)20-41-11-13-42(21-31(51)52)15-17-44(23-33(55)56)18-16-43(14-12-41)22-32(53)54/h25-27,34-35,45-47,57-58H,2-24H2,1H3,(H,37,49)(H,38,59)(H,39,48)(H,40,50)(H,51,52)(H,53,54)(H,55,56)/t25-,26-,27+,34+,35+/m0/s1. The van der Waals surface area contributed by atoms with Crippen molar-refractivity contribution in [2.24, 2.45) is 0 Å². The Morgan fingerprint density at radius 1 is 0.542 bits per heavy atom. The maximum absolute atomic E-state index is 13.5. The number of rotatable bonds is 27. The Bertz CT molecular complexity index is 1280. The number of hydrogen-bond acceptors (Lipinski definition) is 16. The van der Waals surface area contributed by atoms with E-state index in [2.05, 4.69) is 28.2 Å². The minimum atomic E-state index is -1.92. The highest BCUT2D eigenvalue weighted by atomic mass is 16.4. The number of aliphatic hydroxyl groups is 5. The number of amides is 4. The molecule has 0 spiro atoms. The minimum absolute atomic E-state index is 0.0563. The first-order chi connectivity index (χ1) is 27.9. The lowest BCUT2D eigenvalue weighted by atomic mass is 10.0. The van der Waals surface area contributed by atoms with Crippen LogP contribution in [-0.2, 0) is 33.6 Å². The van der Waals surface area contributed by atoms with Crippen LogP contribution in [0.25, 0.3) is 0 Å². The number of carboxylic acids is 3. The molecule has 5 atom stereocenters. The fraction of sp³-hybridized carbons (Fsp3) is 0.806. The lowest BCUT2D eigenvalue weighted by Crippen LogP contribution is -2.52. The molecular formula is C36H66N8O15. The van der Waals surface area contributed by atoms with Crippen molar-refractivity contribution in [1.82, 2.24) is 40.9 Å². The van der Waals surface area contributed by atoms with Gasteiger partial charge in [0.1, 0.15) is 24.4 Å². The number of hydrogen-bond donors (Lipinski definition) is 12. The van der Waals surface area contributed by atoms with Crippen molar-refractivity contribution < 1.29 is 74.4 Å². The van der Waals surface area contributed by atoms with E-state index in [1.807, 2.05) is 0 Å². The van der Waals surface area contributed by atoms with Gasteiger partial charge in [-0.3, -0.25) is 53.2 Å². The number of aliphatic hydroxyl groups excluding tert-OH is 5. The molecule has 0 aromatic rings. The molecule has 1 aliphatic rings. The molecule has 1 heterocycles. The van der Waals surface area contributed by atoms with Gasteiger partial charge in [0.25, 0.3) is 0 Å². The van der Waals surface area contributed by atoms with Crippen LogP contribution < -0.4 is 21.3 Å². The van der Waals surface area contributed by atoms with Crippen molar-refractivity contribution in [3.63, 3.8) is 0 Å². The highest BCUT2D eigenvalue weighted by Crippen LogP contribution is 2.07. The summed E-state index contributed by atoms with van der Waals surface area (Å²) in [7, 11) is 0. The summed E-state index contributed by atoms with van der Waals surface area (Å²) in [5.41, 5.74) is 0. The molecule has 0 aliphatic carbocycles. The van der Waals surface area contributed by atoms with E-state index >= 15 is 0 Å². The summed E-state index contributed by atoms with van der Waals surface area (Å²) >= 11 is 0. The van der Waals surface area contributed by atoms with E-state index in [1.54, 1.807) is 19.6 Å². The summed E-state index contributed by atoms with van der Waals surface area (Å²) in [5, 5.41) is 87.2. The summed E-state index contributed by atoms with van der Waals surface area (Å²) in [6, 6.07) is -1.30. The molecule has 340 valence electrons. The average Bonchev–Trinajstić information content (AvgIpc) is 3.17. The minimum Gasteiger partial charge on any atom is -0.480 e. The molecule has 0 aromatic carbocycles. The third kappa shape index (κ3) is 24.6. The van der Waals surface area contributed by atoms with Gasteiger partial charge < -0.3 is 62.1 Å². The molecule has 0 saturated carbocycles. The van der Waals surface area contributed by atoms with Gasteiger partial charge in [-0.2, -0.15) is 0 Å². The fourth-order valence-electron chi connectivity index (χ4n) is 6.05. The Balaban J connectivity index is 3.09. The fourth-order valence-corrected chi connectivity index (χ4v) is 6.05. The van der Waals surface area contributed by atoms with Crippen molar-refractivity contribution in [1.29, 1.82) is 0 Å². The van der Waals surface area contributed by atoms with E-state index in [0.717, 1.165) is 25.7 Å². The molecule has 23 heteroatoms. The second-order valence-corrected chi connectivity index (χ2v) is 14.5. The van der Waals surface area contributed by atoms with Crippen molar-refractivity contribution >= 4 is 41.5 Å².